The maximum atomic E-state index is 12.8. The van der Waals surface area contributed by atoms with Crippen LogP contribution in [0.15, 0.2) is 59.6 Å². The molecule has 0 aliphatic heterocycles. The second kappa shape index (κ2) is 7.55. The van der Waals surface area contributed by atoms with Crippen molar-refractivity contribution >= 4 is 26.6 Å². The van der Waals surface area contributed by atoms with E-state index in [0.717, 1.165) is 12.1 Å². The Hall–Kier alpha value is -3.01. The lowest BCUT2D eigenvalue weighted by molar-refractivity contribution is -0.274. The SMILES string of the molecule is CCOc1ccc(S(=O)(=O)Nc2ccc(OC(F)(F)F)cc2)c2cccnc12. The van der Waals surface area contributed by atoms with E-state index >= 15 is 0 Å². The Kier molecular flexibility index (Phi) is 5.32. The molecular formula is C18H15F3N2O4S. The lowest BCUT2D eigenvalue weighted by Gasteiger charge is -2.13. The van der Waals surface area contributed by atoms with Crippen molar-refractivity contribution in [1.82, 2.24) is 4.98 Å². The third-order valence-electron chi connectivity index (χ3n) is 3.62. The van der Waals surface area contributed by atoms with Crippen LogP contribution < -0.4 is 14.2 Å². The van der Waals surface area contributed by atoms with Crippen molar-refractivity contribution in [3.8, 4) is 11.5 Å². The number of nitrogens with one attached hydrogen (secondary N) is 1. The lowest BCUT2D eigenvalue weighted by atomic mass is 10.2. The van der Waals surface area contributed by atoms with Crippen molar-refractivity contribution in [3.63, 3.8) is 0 Å². The summed E-state index contributed by atoms with van der Waals surface area (Å²) < 4.78 is 73.9. The Labute approximate surface area is 159 Å². The fourth-order valence-corrected chi connectivity index (χ4v) is 3.82. The van der Waals surface area contributed by atoms with E-state index < -0.39 is 22.1 Å². The molecule has 0 aliphatic carbocycles. The van der Waals surface area contributed by atoms with Crippen molar-refractivity contribution < 1.29 is 31.1 Å². The van der Waals surface area contributed by atoms with Gasteiger partial charge in [0.1, 0.15) is 17.0 Å². The molecule has 0 saturated carbocycles. The highest BCUT2D eigenvalue weighted by molar-refractivity contribution is 7.93. The first-order valence-electron chi connectivity index (χ1n) is 8.09. The Morgan fingerprint density at radius 1 is 1.07 bits per heavy atom. The number of ether oxygens (including phenoxy) is 2. The third kappa shape index (κ3) is 4.45. The van der Waals surface area contributed by atoms with E-state index in [-0.39, 0.29) is 10.6 Å². The molecule has 0 aliphatic rings. The molecule has 0 atom stereocenters. The molecular weight excluding hydrogens is 397 g/mol. The molecule has 148 valence electrons. The number of aromatic nitrogens is 1. The predicted molar refractivity (Wildman–Crippen MR) is 96.8 cm³/mol. The quantitative estimate of drug-likeness (QED) is 0.652. The van der Waals surface area contributed by atoms with Gasteiger partial charge in [-0.2, -0.15) is 0 Å². The summed E-state index contributed by atoms with van der Waals surface area (Å²) in [6, 6.07) is 10.5. The number of benzene rings is 2. The van der Waals surface area contributed by atoms with Crippen LogP contribution in [0.25, 0.3) is 10.9 Å². The second-order valence-electron chi connectivity index (χ2n) is 5.57. The zero-order valence-corrected chi connectivity index (χ0v) is 15.3. The van der Waals surface area contributed by atoms with Crippen molar-refractivity contribution in [2.75, 3.05) is 11.3 Å². The summed E-state index contributed by atoms with van der Waals surface area (Å²) in [7, 11) is -4.03. The molecule has 10 heteroatoms. The third-order valence-corrected chi connectivity index (χ3v) is 5.06. The minimum atomic E-state index is -4.82. The smallest absolute Gasteiger partial charge is 0.492 e. The van der Waals surface area contributed by atoms with Crippen LogP contribution in [0, 0.1) is 0 Å². The minimum absolute atomic E-state index is 0.0327. The number of sulfonamides is 1. The highest BCUT2D eigenvalue weighted by Gasteiger charge is 2.31. The number of nitrogens with zero attached hydrogens (tertiary/aromatic N) is 1. The van der Waals surface area contributed by atoms with E-state index in [1.165, 1.54) is 30.5 Å². The van der Waals surface area contributed by atoms with Crippen molar-refractivity contribution in [3.05, 3.63) is 54.7 Å². The van der Waals surface area contributed by atoms with Gasteiger partial charge in [0.25, 0.3) is 10.0 Å². The Morgan fingerprint density at radius 3 is 2.43 bits per heavy atom. The highest BCUT2D eigenvalue weighted by atomic mass is 32.2. The summed E-state index contributed by atoms with van der Waals surface area (Å²) in [5.41, 5.74) is 0.474. The number of pyridine rings is 1. The zero-order valence-electron chi connectivity index (χ0n) is 14.5. The first-order chi connectivity index (χ1) is 13.2. The van der Waals surface area contributed by atoms with Crippen LogP contribution in [0.2, 0.25) is 0 Å². The van der Waals surface area contributed by atoms with Gasteiger partial charge in [0.05, 0.1) is 11.5 Å². The molecule has 3 aromatic rings. The monoisotopic (exact) mass is 412 g/mol. The summed E-state index contributed by atoms with van der Waals surface area (Å²) in [6.07, 6.45) is -3.30. The molecule has 0 spiro atoms. The van der Waals surface area contributed by atoms with E-state index in [1.54, 1.807) is 19.1 Å². The van der Waals surface area contributed by atoms with Gasteiger partial charge in [0.2, 0.25) is 0 Å². The van der Waals surface area contributed by atoms with Gasteiger partial charge < -0.3 is 9.47 Å². The van der Waals surface area contributed by atoms with Gasteiger partial charge >= 0.3 is 6.36 Å². The average Bonchev–Trinajstić information content (AvgIpc) is 2.62. The molecule has 0 fully saturated rings. The van der Waals surface area contributed by atoms with Crippen LogP contribution >= 0.6 is 0 Å². The van der Waals surface area contributed by atoms with E-state index in [1.807, 2.05) is 0 Å². The largest absolute Gasteiger partial charge is 0.573 e. The molecule has 3 rings (SSSR count). The fourth-order valence-electron chi connectivity index (χ4n) is 2.56. The van der Waals surface area contributed by atoms with Gasteiger partial charge in [-0.25, -0.2) is 8.42 Å². The van der Waals surface area contributed by atoms with Gasteiger partial charge in [-0.1, -0.05) is 0 Å². The van der Waals surface area contributed by atoms with Gasteiger partial charge in [0.15, 0.2) is 0 Å². The first kappa shape index (κ1) is 19.7. The number of halogens is 3. The Bertz CT molecular complexity index is 1080. The van der Waals surface area contributed by atoms with Crippen LogP contribution in [-0.2, 0) is 10.0 Å². The molecule has 6 nitrogen and oxygen atoms in total. The maximum Gasteiger partial charge on any atom is 0.573 e. The Morgan fingerprint density at radius 2 is 1.79 bits per heavy atom. The van der Waals surface area contributed by atoms with E-state index in [4.69, 9.17) is 4.74 Å². The van der Waals surface area contributed by atoms with Crippen molar-refractivity contribution in [2.24, 2.45) is 0 Å². The minimum Gasteiger partial charge on any atom is -0.492 e. The molecule has 0 bridgehead atoms. The summed E-state index contributed by atoms with van der Waals surface area (Å²) in [5, 5.41) is 0.359. The molecule has 1 aromatic heterocycles. The topological polar surface area (TPSA) is 77.5 Å². The van der Waals surface area contributed by atoms with Gasteiger partial charge in [-0.15, -0.1) is 13.2 Å². The van der Waals surface area contributed by atoms with E-state index in [9.17, 15) is 21.6 Å². The van der Waals surface area contributed by atoms with Gasteiger partial charge in [-0.3, -0.25) is 9.71 Å². The first-order valence-corrected chi connectivity index (χ1v) is 9.57. The molecule has 1 heterocycles. The fraction of sp³-hybridized carbons (Fsp3) is 0.167. The van der Waals surface area contributed by atoms with E-state index in [0.29, 0.717) is 23.3 Å². The highest BCUT2D eigenvalue weighted by Crippen LogP contribution is 2.31. The molecule has 1 N–H and O–H groups in total. The van der Waals surface area contributed by atoms with Crippen molar-refractivity contribution in [1.29, 1.82) is 0 Å². The van der Waals surface area contributed by atoms with Crippen LogP contribution in [-0.4, -0.2) is 26.4 Å². The number of anilines is 1. The van der Waals surface area contributed by atoms with Crippen LogP contribution in [0.5, 0.6) is 11.5 Å². The van der Waals surface area contributed by atoms with Crippen LogP contribution in [0.3, 0.4) is 0 Å². The van der Waals surface area contributed by atoms with Gasteiger partial charge in [-0.05, 0) is 55.5 Å². The number of hydrogen-bond acceptors (Lipinski definition) is 5. The number of fused-ring (bicyclic) bond motifs is 1. The normalized spacial score (nSPS) is 12.0. The average molecular weight is 412 g/mol. The molecule has 0 saturated heterocycles. The molecule has 2 aromatic carbocycles. The zero-order chi connectivity index (χ0) is 20.4. The Balaban J connectivity index is 1.92. The van der Waals surface area contributed by atoms with E-state index in [2.05, 4.69) is 14.4 Å². The molecule has 0 amide bonds. The maximum absolute atomic E-state index is 12.8. The lowest BCUT2D eigenvalue weighted by Crippen LogP contribution is -2.17. The van der Waals surface area contributed by atoms with Crippen LogP contribution in [0.4, 0.5) is 18.9 Å². The second-order valence-corrected chi connectivity index (χ2v) is 7.22. The summed E-state index contributed by atoms with van der Waals surface area (Å²) in [5.74, 6) is -0.00290. The standard InChI is InChI=1S/C18H15F3N2O4S/c1-2-26-15-9-10-16(14-4-3-11-22-17(14)15)28(24,25)23-12-5-7-13(8-6-12)27-18(19,20)21/h3-11,23H,2H2,1H3. The number of hydrogen-bond donors (Lipinski definition) is 1. The predicted octanol–water partition coefficient (Wildman–Crippen LogP) is 4.33. The summed E-state index contributed by atoms with van der Waals surface area (Å²) in [4.78, 5) is 4.15. The van der Waals surface area contributed by atoms with Crippen LogP contribution in [0.1, 0.15) is 6.92 Å². The summed E-state index contributed by atoms with van der Waals surface area (Å²) in [6.45, 7) is 2.19. The molecule has 0 unspecified atom stereocenters. The van der Waals surface area contributed by atoms with Crippen molar-refractivity contribution in [2.45, 2.75) is 18.2 Å². The number of rotatable bonds is 6. The number of alkyl halides is 3. The summed E-state index contributed by atoms with van der Waals surface area (Å²) >= 11 is 0. The van der Waals surface area contributed by atoms with Gasteiger partial charge in [0, 0.05) is 17.3 Å². The molecule has 0 radical (unpaired) electrons. The molecule has 28 heavy (non-hydrogen) atoms.